The first kappa shape index (κ1) is 21.4. The summed E-state index contributed by atoms with van der Waals surface area (Å²) in [7, 11) is 0. The van der Waals surface area contributed by atoms with Crippen molar-refractivity contribution >= 4 is 23.6 Å². The maximum absolute atomic E-state index is 14.6. The zero-order chi connectivity index (χ0) is 21.5. The Labute approximate surface area is 186 Å². The van der Waals surface area contributed by atoms with E-state index in [0.29, 0.717) is 34.7 Å². The van der Waals surface area contributed by atoms with E-state index in [0.717, 1.165) is 18.6 Å². The molecule has 1 saturated carbocycles. The van der Waals surface area contributed by atoms with Crippen molar-refractivity contribution in [1.29, 1.82) is 0 Å². The number of ether oxygens (including phenoxy) is 1. The maximum atomic E-state index is 14.6. The molecular weight excluding hydrogens is 413 g/mol. The van der Waals surface area contributed by atoms with Crippen LogP contribution in [0.3, 0.4) is 0 Å². The van der Waals surface area contributed by atoms with Gasteiger partial charge in [-0.05, 0) is 37.1 Å². The van der Waals surface area contributed by atoms with Gasteiger partial charge in [0.25, 0.3) is 0 Å². The summed E-state index contributed by atoms with van der Waals surface area (Å²) in [6.45, 7) is 2.03. The molecule has 0 unspecified atom stereocenters. The van der Waals surface area contributed by atoms with E-state index in [-0.39, 0.29) is 5.75 Å². The van der Waals surface area contributed by atoms with Gasteiger partial charge in [0, 0.05) is 42.1 Å². The third-order valence-electron chi connectivity index (χ3n) is 5.14. The number of halogens is 1. The number of rotatable bonds is 8. The van der Waals surface area contributed by atoms with Crippen molar-refractivity contribution in [3.05, 3.63) is 54.7 Å². The summed E-state index contributed by atoms with van der Waals surface area (Å²) in [5.74, 6) is 1.67. The second kappa shape index (κ2) is 10.4. The van der Waals surface area contributed by atoms with Gasteiger partial charge in [-0.3, -0.25) is 4.98 Å². The number of anilines is 2. The van der Waals surface area contributed by atoms with Gasteiger partial charge in [-0.1, -0.05) is 38.1 Å². The van der Waals surface area contributed by atoms with Crippen molar-refractivity contribution < 1.29 is 9.13 Å². The highest BCUT2D eigenvalue weighted by Gasteiger charge is 2.16. The topological polar surface area (TPSA) is 72.0 Å². The molecule has 1 fully saturated rings. The van der Waals surface area contributed by atoms with E-state index in [1.165, 1.54) is 37.3 Å². The molecule has 0 spiro atoms. The number of benzene rings is 1. The molecule has 0 saturated heterocycles. The largest absolute Gasteiger partial charge is 0.453 e. The van der Waals surface area contributed by atoms with Gasteiger partial charge in [-0.15, -0.1) is 0 Å². The lowest BCUT2D eigenvalue weighted by Crippen LogP contribution is -2.23. The summed E-state index contributed by atoms with van der Waals surface area (Å²) < 4.78 is 23.6. The first-order valence-corrected chi connectivity index (χ1v) is 11.6. The van der Waals surface area contributed by atoms with Gasteiger partial charge in [0.2, 0.25) is 5.95 Å². The minimum atomic E-state index is -0.438. The minimum Gasteiger partial charge on any atom is -0.453 e. The van der Waals surface area contributed by atoms with Gasteiger partial charge >= 0.3 is 0 Å². The van der Waals surface area contributed by atoms with Crippen LogP contribution in [0.2, 0.25) is 0 Å². The molecule has 0 amide bonds. The zero-order valence-electron chi connectivity index (χ0n) is 17.5. The molecule has 1 aromatic carbocycles. The zero-order valence-corrected chi connectivity index (χ0v) is 18.3. The molecular formula is C23H26FN5OS. The van der Waals surface area contributed by atoms with Crippen LogP contribution in [-0.2, 0) is 0 Å². The fraction of sp³-hybridized carbons (Fsp3) is 0.348. The van der Waals surface area contributed by atoms with Gasteiger partial charge in [0.15, 0.2) is 11.6 Å². The molecule has 0 radical (unpaired) electrons. The number of hydrogen-bond donors (Lipinski definition) is 2. The first-order chi connectivity index (χ1) is 15.2. The summed E-state index contributed by atoms with van der Waals surface area (Å²) in [4.78, 5) is 13.2. The molecule has 2 N–H and O–H groups in total. The summed E-state index contributed by atoms with van der Waals surface area (Å²) in [6.07, 6.45) is 11.0. The van der Waals surface area contributed by atoms with Crippen molar-refractivity contribution in [3.8, 4) is 22.8 Å². The molecule has 8 heteroatoms. The summed E-state index contributed by atoms with van der Waals surface area (Å²) in [5.41, 5.74) is 2.05. The fourth-order valence-electron chi connectivity index (χ4n) is 3.59. The molecule has 3 aromatic rings. The lowest BCUT2D eigenvalue weighted by molar-refractivity contribution is 0.443. The molecule has 2 heterocycles. The van der Waals surface area contributed by atoms with Crippen LogP contribution in [0, 0.1) is 5.82 Å². The summed E-state index contributed by atoms with van der Waals surface area (Å²) in [6, 6.07) is 8.76. The van der Waals surface area contributed by atoms with Crippen LogP contribution in [0.5, 0.6) is 11.5 Å². The highest BCUT2D eigenvalue weighted by molar-refractivity contribution is 8.00. The van der Waals surface area contributed by atoms with Crippen molar-refractivity contribution in [2.75, 3.05) is 15.8 Å². The van der Waals surface area contributed by atoms with E-state index in [1.54, 1.807) is 42.9 Å². The Bertz CT molecular complexity index is 1010. The Morgan fingerprint density at radius 3 is 2.77 bits per heavy atom. The van der Waals surface area contributed by atoms with Gasteiger partial charge in [0.05, 0.1) is 11.3 Å². The molecule has 6 nitrogen and oxygen atoms in total. The molecule has 0 atom stereocenters. The second-order valence-corrected chi connectivity index (χ2v) is 8.47. The quantitative estimate of drug-likeness (QED) is 0.399. The van der Waals surface area contributed by atoms with Crippen molar-refractivity contribution in [2.45, 2.75) is 45.1 Å². The Balaban J connectivity index is 1.54. The van der Waals surface area contributed by atoms with Gasteiger partial charge < -0.3 is 14.8 Å². The number of nitrogens with zero attached hydrogens (tertiary/aromatic N) is 3. The molecule has 4 rings (SSSR count). The number of nitrogens with one attached hydrogen (secondary N) is 2. The predicted molar refractivity (Wildman–Crippen MR) is 124 cm³/mol. The lowest BCUT2D eigenvalue weighted by Gasteiger charge is -2.22. The van der Waals surface area contributed by atoms with Crippen LogP contribution in [-0.4, -0.2) is 26.7 Å². The third kappa shape index (κ3) is 5.64. The van der Waals surface area contributed by atoms with Gasteiger partial charge in [-0.2, -0.15) is 0 Å². The van der Waals surface area contributed by atoms with E-state index in [1.807, 2.05) is 6.92 Å². The van der Waals surface area contributed by atoms with E-state index in [4.69, 9.17) is 4.74 Å². The van der Waals surface area contributed by atoms with Crippen LogP contribution >= 0.6 is 11.9 Å². The molecule has 31 heavy (non-hydrogen) atoms. The molecule has 2 aromatic heterocycles. The number of pyridine rings is 1. The normalized spacial score (nSPS) is 14.3. The van der Waals surface area contributed by atoms with Crippen LogP contribution in [0.15, 0.2) is 48.9 Å². The Morgan fingerprint density at radius 2 is 1.97 bits per heavy atom. The highest BCUT2D eigenvalue weighted by Crippen LogP contribution is 2.34. The van der Waals surface area contributed by atoms with E-state index < -0.39 is 5.82 Å². The Kier molecular flexibility index (Phi) is 7.19. The van der Waals surface area contributed by atoms with Crippen LogP contribution in [0.4, 0.5) is 16.0 Å². The van der Waals surface area contributed by atoms with Crippen LogP contribution in [0.25, 0.3) is 11.3 Å². The maximum Gasteiger partial charge on any atom is 0.223 e. The number of hydrogen-bond acceptors (Lipinski definition) is 7. The third-order valence-corrected chi connectivity index (χ3v) is 5.81. The second-order valence-electron chi connectivity index (χ2n) is 7.40. The molecule has 162 valence electrons. The highest BCUT2D eigenvalue weighted by atomic mass is 32.2. The fourth-order valence-corrected chi connectivity index (χ4v) is 4.03. The molecule has 1 aliphatic rings. The van der Waals surface area contributed by atoms with E-state index in [2.05, 4.69) is 25.0 Å². The van der Waals surface area contributed by atoms with Gasteiger partial charge in [-0.25, -0.2) is 14.4 Å². The molecule has 1 aliphatic carbocycles. The Morgan fingerprint density at radius 1 is 1.10 bits per heavy atom. The number of aromatic nitrogens is 3. The monoisotopic (exact) mass is 439 g/mol. The Hall–Kier alpha value is -2.87. The van der Waals surface area contributed by atoms with Crippen LogP contribution < -0.4 is 14.8 Å². The van der Waals surface area contributed by atoms with Gasteiger partial charge in [0.1, 0.15) is 5.75 Å². The van der Waals surface area contributed by atoms with E-state index in [9.17, 15) is 4.39 Å². The molecule has 0 bridgehead atoms. The van der Waals surface area contributed by atoms with Crippen LogP contribution in [0.1, 0.15) is 39.0 Å². The molecule has 0 aliphatic heterocycles. The van der Waals surface area contributed by atoms with Crippen molar-refractivity contribution in [2.24, 2.45) is 0 Å². The predicted octanol–water partition coefficient (Wildman–Crippen LogP) is 6.29. The standard InChI is InChI=1S/C23H26FN5OS/c1-2-31-29-17-8-9-22(19(24)14-17)30-21-11-12-25-15-18(21)20-10-13-26-23(28-20)27-16-6-4-3-5-7-16/h8-16,29H,2-7H2,1H3,(H,26,27,28). The van der Waals surface area contributed by atoms with E-state index >= 15 is 0 Å². The summed E-state index contributed by atoms with van der Waals surface area (Å²) in [5, 5.41) is 3.44. The average Bonchev–Trinajstić information content (AvgIpc) is 2.80. The first-order valence-electron chi connectivity index (χ1n) is 10.6. The average molecular weight is 440 g/mol. The lowest BCUT2D eigenvalue weighted by atomic mass is 9.96. The minimum absolute atomic E-state index is 0.147. The summed E-state index contributed by atoms with van der Waals surface area (Å²) >= 11 is 1.51. The smallest absolute Gasteiger partial charge is 0.223 e. The van der Waals surface area contributed by atoms with Crippen molar-refractivity contribution in [3.63, 3.8) is 0 Å². The van der Waals surface area contributed by atoms with Crippen molar-refractivity contribution in [1.82, 2.24) is 15.0 Å². The SMILES string of the molecule is CCSNc1ccc(Oc2ccncc2-c2ccnc(NC3CCCCC3)n2)c(F)c1.